The number of rotatable bonds is 0. The minimum absolute atomic E-state index is 0. The van der Waals surface area contributed by atoms with Crippen LogP contribution in [0.3, 0.4) is 0 Å². The lowest BCUT2D eigenvalue weighted by atomic mass is 10.2. The van der Waals surface area contributed by atoms with Crippen LogP contribution in [0.4, 0.5) is 0 Å². The molecule has 0 aromatic heterocycles. The smallest absolute Gasteiger partial charge is 0.0242 e. The largest absolute Gasteiger partial charge is 0.115 e. The Kier molecular flexibility index (Phi) is 1.34. The SMILES string of the molecule is C#Cc1ccccc1.[HH]. The summed E-state index contributed by atoms with van der Waals surface area (Å²) in [5, 5.41) is 0. The molecule has 0 bridgehead atoms. The molecule has 0 spiro atoms. The molecular weight excluding hydrogens is 96.1 g/mol. The highest BCUT2D eigenvalue weighted by Crippen LogP contribution is 1.92. The maximum atomic E-state index is 5.10. The van der Waals surface area contributed by atoms with Gasteiger partial charge in [0.15, 0.2) is 0 Å². The highest BCUT2D eigenvalue weighted by molar-refractivity contribution is 5.30. The molecule has 0 saturated heterocycles. The Bertz CT molecular complexity index is 196. The molecular formula is C8H8. The summed E-state index contributed by atoms with van der Waals surface area (Å²) >= 11 is 0. The maximum Gasteiger partial charge on any atom is 0.0242 e. The summed E-state index contributed by atoms with van der Waals surface area (Å²) in [5.41, 5.74) is 0.938. The summed E-state index contributed by atoms with van der Waals surface area (Å²) < 4.78 is 0. The molecule has 0 heteroatoms. The average Bonchev–Trinajstić information content (AvgIpc) is 1.90. The molecule has 0 aliphatic rings. The van der Waals surface area contributed by atoms with Crippen molar-refractivity contribution in [3.05, 3.63) is 35.9 Å². The van der Waals surface area contributed by atoms with Crippen LogP contribution in [0, 0.1) is 12.3 Å². The highest BCUT2D eigenvalue weighted by atomic mass is 13.8. The van der Waals surface area contributed by atoms with E-state index >= 15 is 0 Å². The van der Waals surface area contributed by atoms with Gasteiger partial charge in [-0.25, -0.2) is 0 Å². The molecule has 1 aromatic carbocycles. The van der Waals surface area contributed by atoms with E-state index < -0.39 is 0 Å². The Balaban J connectivity index is 0.000000640. The number of terminal acetylenes is 1. The van der Waals surface area contributed by atoms with Crippen LogP contribution in [0.2, 0.25) is 0 Å². The van der Waals surface area contributed by atoms with E-state index in [0.717, 1.165) is 5.56 Å². The van der Waals surface area contributed by atoms with Gasteiger partial charge >= 0.3 is 0 Å². The van der Waals surface area contributed by atoms with E-state index in [4.69, 9.17) is 6.42 Å². The minimum Gasteiger partial charge on any atom is -0.115 e. The zero-order chi connectivity index (χ0) is 5.82. The topological polar surface area (TPSA) is 0 Å². The molecule has 0 saturated carbocycles. The van der Waals surface area contributed by atoms with Crippen LogP contribution < -0.4 is 0 Å². The lowest BCUT2D eigenvalue weighted by Gasteiger charge is -1.82. The van der Waals surface area contributed by atoms with Gasteiger partial charge in [-0.15, -0.1) is 6.42 Å². The van der Waals surface area contributed by atoms with Gasteiger partial charge in [0.1, 0.15) is 0 Å². The van der Waals surface area contributed by atoms with E-state index in [1.54, 1.807) is 0 Å². The Morgan fingerprint density at radius 3 is 2.25 bits per heavy atom. The average molecular weight is 104 g/mol. The first-order chi connectivity index (χ1) is 3.93. The predicted octanol–water partition coefficient (Wildman–Crippen LogP) is 1.91. The fourth-order valence-corrected chi connectivity index (χ4v) is 0.534. The maximum absolute atomic E-state index is 5.10. The predicted molar refractivity (Wildman–Crippen MR) is 36.5 cm³/mol. The van der Waals surface area contributed by atoms with Gasteiger partial charge in [0.05, 0.1) is 0 Å². The van der Waals surface area contributed by atoms with Crippen molar-refractivity contribution >= 4 is 0 Å². The van der Waals surface area contributed by atoms with E-state index in [0.29, 0.717) is 0 Å². The van der Waals surface area contributed by atoms with E-state index in [1.165, 1.54) is 0 Å². The van der Waals surface area contributed by atoms with Crippen molar-refractivity contribution < 1.29 is 1.43 Å². The van der Waals surface area contributed by atoms with Crippen LogP contribution in [0.15, 0.2) is 30.3 Å². The molecule has 0 atom stereocenters. The fourth-order valence-electron chi connectivity index (χ4n) is 0.534. The van der Waals surface area contributed by atoms with Crippen LogP contribution in [0.1, 0.15) is 6.99 Å². The van der Waals surface area contributed by atoms with Crippen molar-refractivity contribution in [1.29, 1.82) is 0 Å². The third kappa shape index (κ3) is 0.886. The molecule has 0 aliphatic heterocycles. The van der Waals surface area contributed by atoms with Crippen molar-refractivity contribution in [3.63, 3.8) is 0 Å². The summed E-state index contributed by atoms with van der Waals surface area (Å²) in [6, 6.07) is 9.60. The summed E-state index contributed by atoms with van der Waals surface area (Å²) in [5.74, 6) is 2.53. The summed E-state index contributed by atoms with van der Waals surface area (Å²) in [6.45, 7) is 0. The van der Waals surface area contributed by atoms with Gasteiger partial charge in [-0.05, 0) is 12.1 Å². The van der Waals surface area contributed by atoms with E-state index in [-0.39, 0.29) is 1.43 Å². The van der Waals surface area contributed by atoms with Gasteiger partial charge in [0, 0.05) is 6.99 Å². The van der Waals surface area contributed by atoms with Gasteiger partial charge in [0.2, 0.25) is 0 Å². The normalized spacial score (nSPS) is 7.88. The van der Waals surface area contributed by atoms with Crippen molar-refractivity contribution in [3.8, 4) is 12.3 Å². The van der Waals surface area contributed by atoms with Gasteiger partial charge in [-0.1, -0.05) is 24.1 Å². The second-order valence-corrected chi connectivity index (χ2v) is 1.51. The minimum atomic E-state index is 0. The molecule has 0 amide bonds. The van der Waals surface area contributed by atoms with Crippen molar-refractivity contribution in [2.75, 3.05) is 0 Å². The lowest BCUT2D eigenvalue weighted by molar-refractivity contribution is 1.65. The highest BCUT2D eigenvalue weighted by Gasteiger charge is 1.76. The van der Waals surface area contributed by atoms with Gasteiger partial charge < -0.3 is 0 Å². The first-order valence-electron chi connectivity index (χ1n) is 2.45. The number of benzene rings is 1. The molecule has 0 radical (unpaired) electrons. The van der Waals surface area contributed by atoms with Crippen LogP contribution in [0.25, 0.3) is 0 Å². The third-order valence-corrected chi connectivity index (χ3v) is 0.940. The summed E-state index contributed by atoms with van der Waals surface area (Å²) in [7, 11) is 0. The van der Waals surface area contributed by atoms with Gasteiger partial charge in [-0.2, -0.15) is 0 Å². The lowest BCUT2D eigenvalue weighted by Crippen LogP contribution is -1.66. The quantitative estimate of drug-likeness (QED) is 0.441. The van der Waals surface area contributed by atoms with Crippen LogP contribution in [-0.4, -0.2) is 0 Å². The zero-order valence-electron chi connectivity index (χ0n) is 4.46. The van der Waals surface area contributed by atoms with E-state index in [9.17, 15) is 0 Å². The molecule has 0 aliphatic carbocycles. The van der Waals surface area contributed by atoms with E-state index in [2.05, 4.69) is 5.92 Å². The number of hydrogen-bond acceptors (Lipinski definition) is 0. The first kappa shape index (κ1) is 4.93. The zero-order valence-corrected chi connectivity index (χ0v) is 4.46. The van der Waals surface area contributed by atoms with Crippen LogP contribution in [-0.2, 0) is 0 Å². The molecule has 1 rings (SSSR count). The van der Waals surface area contributed by atoms with Crippen molar-refractivity contribution in [1.82, 2.24) is 0 Å². The molecule has 0 N–H and O–H groups in total. The molecule has 40 valence electrons. The third-order valence-electron chi connectivity index (χ3n) is 0.940. The van der Waals surface area contributed by atoms with Gasteiger partial charge in [-0.3, -0.25) is 0 Å². The van der Waals surface area contributed by atoms with Crippen molar-refractivity contribution in [2.45, 2.75) is 0 Å². The molecule has 0 heterocycles. The monoisotopic (exact) mass is 104 g/mol. The molecule has 0 fully saturated rings. The Morgan fingerprint density at radius 2 is 1.88 bits per heavy atom. The Labute approximate surface area is 50.6 Å². The number of hydrogen-bond donors (Lipinski definition) is 0. The summed E-state index contributed by atoms with van der Waals surface area (Å²) in [4.78, 5) is 0. The van der Waals surface area contributed by atoms with Crippen LogP contribution >= 0.6 is 0 Å². The first-order valence-corrected chi connectivity index (χ1v) is 2.45. The second kappa shape index (κ2) is 2.18. The van der Waals surface area contributed by atoms with Crippen LogP contribution in [0.5, 0.6) is 0 Å². The van der Waals surface area contributed by atoms with Gasteiger partial charge in [0.25, 0.3) is 0 Å². The Morgan fingerprint density at radius 1 is 1.25 bits per heavy atom. The fraction of sp³-hybridized carbons (Fsp3) is 0. The van der Waals surface area contributed by atoms with E-state index in [1.807, 2.05) is 30.3 Å². The van der Waals surface area contributed by atoms with Crippen molar-refractivity contribution in [2.24, 2.45) is 0 Å². The molecule has 8 heavy (non-hydrogen) atoms. The molecule has 0 unspecified atom stereocenters. The molecule has 1 aromatic rings. The second-order valence-electron chi connectivity index (χ2n) is 1.51. The standard InChI is InChI=1S/C8H6.H2/c1-2-8-6-4-3-5-7-8;/h1,3-7H;1H. The Hall–Kier alpha value is -1.22. The summed E-state index contributed by atoms with van der Waals surface area (Å²) in [6.07, 6.45) is 5.10. The molecule has 0 nitrogen and oxygen atoms in total.